The van der Waals surface area contributed by atoms with Gasteiger partial charge in [0.2, 0.25) is 0 Å². The van der Waals surface area contributed by atoms with E-state index in [2.05, 4.69) is 15.4 Å². The van der Waals surface area contributed by atoms with Crippen LogP contribution in [0.2, 0.25) is 0 Å². The van der Waals surface area contributed by atoms with E-state index in [0.717, 1.165) is 22.9 Å². The zero-order valence-corrected chi connectivity index (χ0v) is 12.8. The molecule has 6 nitrogen and oxygen atoms in total. The summed E-state index contributed by atoms with van der Waals surface area (Å²) in [6.07, 6.45) is 2.98. The molecule has 1 aromatic carbocycles. The fourth-order valence-corrected chi connectivity index (χ4v) is 3.00. The van der Waals surface area contributed by atoms with Gasteiger partial charge in [-0.2, -0.15) is 5.10 Å². The van der Waals surface area contributed by atoms with Crippen LogP contribution in [0, 0.1) is 5.82 Å². The van der Waals surface area contributed by atoms with E-state index in [4.69, 9.17) is 0 Å². The predicted octanol–water partition coefficient (Wildman–Crippen LogP) is 2.41. The second-order valence-corrected chi connectivity index (χ2v) is 5.85. The highest BCUT2D eigenvalue weighted by atomic mass is 19.1. The lowest BCUT2D eigenvalue weighted by molar-refractivity contribution is 0.0937. The number of amides is 1. The molecule has 2 aromatic heterocycles. The molecule has 0 bridgehead atoms. The topological polar surface area (TPSA) is 79.8 Å². The number of aromatic nitrogens is 3. The van der Waals surface area contributed by atoms with E-state index in [1.165, 1.54) is 18.2 Å². The van der Waals surface area contributed by atoms with Gasteiger partial charge in [-0.25, -0.2) is 4.39 Å². The van der Waals surface area contributed by atoms with Crippen molar-refractivity contribution in [3.05, 3.63) is 53.2 Å². The number of hydrogen-bond donors (Lipinski definition) is 2. The van der Waals surface area contributed by atoms with Crippen molar-refractivity contribution in [2.75, 3.05) is 0 Å². The molecule has 1 aliphatic heterocycles. The lowest BCUT2D eigenvalue weighted by atomic mass is 10.1. The SMILES string of the molecule is O=C(NCc1c[nH]c2ccc(F)cc12)c1cc2n(n1)CCCC2=O. The molecular formula is C17H15FN4O2. The maximum absolute atomic E-state index is 13.4. The molecule has 0 radical (unpaired) electrons. The van der Waals surface area contributed by atoms with Crippen LogP contribution in [-0.4, -0.2) is 26.5 Å². The Kier molecular flexibility index (Phi) is 3.41. The summed E-state index contributed by atoms with van der Waals surface area (Å²) in [6, 6.07) is 6.01. The van der Waals surface area contributed by atoms with Gasteiger partial charge in [0.15, 0.2) is 11.5 Å². The molecule has 0 fully saturated rings. The molecule has 1 amide bonds. The molecule has 1 aliphatic rings. The quantitative estimate of drug-likeness (QED) is 0.776. The Morgan fingerprint density at radius 1 is 1.38 bits per heavy atom. The molecule has 4 rings (SSSR count). The number of carbonyl (C=O) groups excluding carboxylic acids is 2. The predicted molar refractivity (Wildman–Crippen MR) is 85.2 cm³/mol. The summed E-state index contributed by atoms with van der Waals surface area (Å²) in [6.45, 7) is 0.897. The minimum atomic E-state index is -0.351. The van der Waals surface area contributed by atoms with Crippen molar-refractivity contribution in [3.8, 4) is 0 Å². The standard InChI is InChI=1S/C17H15FN4O2/c18-11-3-4-13-12(6-11)10(8-19-13)9-20-17(24)14-7-15-16(23)2-1-5-22(15)21-14/h3-4,6-8,19H,1-2,5,9H2,(H,20,24). The Morgan fingerprint density at radius 2 is 2.25 bits per heavy atom. The van der Waals surface area contributed by atoms with E-state index in [-0.39, 0.29) is 29.7 Å². The monoisotopic (exact) mass is 326 g/mol. The lowest BCUT2D eigenvalue weighted by Crippen LogP contribution is -2.23. The van der Waals surface area contributed by atoms with Crippen LogP contribution in [0.25, 0.3) is 10.9 Å². The van der Waals surface area contributed by atoms with Crippen LogP contribution in [0.3, 0.4) is 0 Å². The van der Waals surface area contributed by atoms with Crippen molar-refractivity contribution in [1.29, 1.82) is 0 Å². The number of carbonyl (C=O) groups is 2. The number of H-pyrrole nitrogens is 1. The van der Waals surface area contributed by atoms with E-state index in [1.54, 1.807) is 16.9 Å². The van der Waals surface area contributed by atoms with Gasteiger partial charge in [-0.3, -0.25) is 14.3 Å². The fraction of sp³-hybridized carbons (Fsp3) is 0.235. The van der Waals surface area contributed by atoms with Crippen LogP contribution in [0.5, 0.6) is 0 Å². The lowest BCUT2D eigenvalue weighted by Gasteiger charge is -2.10. The van der Waals surface area contributed by atoms with Crippen molar-refractivity contribution < 1.29 is 14.0 Å². The van der Waals surface area contributed by atoms with Gasteiger partial charge < -0.3 is 10.3 Å². The molecule has 3 heterocycles. The largest absolute Gasteiger partial charge is 0.361 e. The Balaban J connectivity index is 1.52. The molecule has 0 atom stereocenters. The molecule has 0 spiro atoms. The number of halogens is 1. The summed E-state index contributed by atoms with van der Waals surface area (Å²) >= 11 is 0. The minimum absolute atomic E-state index is 0.0138. The van der Waals surface area contributed by atoms with Crippen LogP contribution in [-0.2, 0) is 13.1 Å². The zero-order chi connectivity index (χ0) is 16.7. The molecule has 0 saturated carbocycles. The molecule has 0 aliphatic carbocycles. The van der Waals surface area contributed by atoms with Crippen molar-refractivity contribution in [2.24, 2.45) is 0 Å². The summed E-state index contributed by atoms with van der Waals surface area (Å²) < 4.78 is 15.0. The minimum Gasteiger partial charge on any atom is -0.361 e. The van der Waals surface area contributed by atoms with E-state index < -0.39 is 0 Å². The number of rotatable bonds is 3. The van der Waals surface area contributed by atoms with Crippen molar-refractivity contribution in [1.82, 2.24) is 20.1 Å². The first-order chi connectivity index (χ1) is 11.6. The highest BCUT2D eigenvalue weighted by Gasteiger charge is 2.22. The van der Waals surface area contributed by atoms with Gasteiger partial charge in [-0.15, -0.1) is 0 Å². The van der Waals surface area contributed by atoms with Crippen molar-refractivity contribution >= 4 is 22.6 Å². The van der Waals surface area contributed by atoms with Crippen molar-refractivity contribution in [2.45, 2.75) is 25.9 Å². The van der Waals surface area contributed by atoms with Crippen LogP contribution < -0.4 is 5.32 Å². The number of hydrogen-bond acceptors (Lipinski definition) is 3. The Morgan fingerprint density at radius 3 is 3.08 bits per heavy atom. The summed E-state index contributed by atoms with van der Waals surface area (Å²) in [5.41, 5.74) is 2.31. The number of aromatic amines is 1. The second-order valence-electron chi connectivity index (χ2n) is 5.85. The number of nitrogens with zero attached hydrogens (tertiary/aromatic N) is 2. The van der Waals surface area contributed by atoms with Crippen molar-refractivity contribution in [3.63, 3.8) is 0 Å². The van der Waals surface area contributed by atoms with Gasteiger partial charge >= 0.3 is 0 Å². The third kappa shape index (κ3) is 2.47. The van der Waals surface area contributed by atoms with Gasteiger partial charge in [-0.1, -0.05) is 0 Å². The summed E-state index contributed by atoms with van der Waals surface area (Å²) in [4.78, 5) is 27.1. The average Bonchev–Trinajstić information content (AvgIpc) is 3.17. The van der Waals surface area contributed by atoms with Gasteiger partial charge in [-0.05, 0) is 30.2 Å². The van der Waals surface area contributed by atoms with E-state index in [1.807, 2.05) is 0 Å². The van der Waals surface area contributed by atoms with Crippen LogP contribution in [0.15, 0.2) is 30.5 Å². The Bertz CT molecular complexity index is 957. The Hall–Kier alpha value is -2.96. The number of fused-ring (bicyclic) bond motifs is 2. The molecule has 3 aromatic rings. The van der Waals surface area contributed by atoms with Crippen LogP contribution in [0.4, 0.5) is 4.39 Å². The molecule has 24 heavy (non-hydrogen) atoms. The maximum atomic E-state index is 13.4. The van der Waals surface area contributed by atoms with Gasteiger partial charge in [0.25, 0.3) is 5.91 Å². The molecule has 0 unspecified atom stereocenters. The Labute approximate surface area is 136 Å². The maximum Gasteiger partial charge on any atom is 0.272 e. The second kappa shape index (κ2) is 5.59. The van der Waals surface area contributed by atoms with Gasteiger partial charge in [0, 0.05) is 42.7 Å². The number of aryl methyl sites for hydroxylation is 1. The zero-order valence-electron chi connectivity index (χ0n) is 12.8. The van der Waals surface area contributed by atoms with E-state index in [0.29, 0.717) is 18.7 Å². The molecule has 122 valence electrons. The normalized spacial score (nSPS) is 14.0. The van der Waals surface area contributed by atoms with E-state index >= 15 is 0 Å². The smallest absolute Gasteiger partial charge is 0.272 e. The summed E-state index contributed by atoms with van der Waals surface area (Å²) in [7, 11) is 0. The highest BCUT2D eigenvalue weighted by Crippen LogP contribution is 2.20. The van der Waals surface area contributed by atoms with Gasteiger partial charge in [0.1, 0.15) is 11.5 Å². The molecule has 7 heteroatoms. The number of nitrogens with one attached hydrogen (secondary N) is 2. The number of ketones is 1. The van der Waals surface area contributed by atoms with Crippen LogP contribution in [0.1, 0.15) is 39.4 Å². The molecule has 2 N–H and O–H groups in total. The summed E-state index contributed by atoms with van der Waals surface area (Å²) in [5, 5.41) is 7.69. The highest BCUT2D eigenvalue weighted by molar-refractivity contribution is 5.99. The summed E-state index contributed by atoms with van der Waals surface area (Å²) in [5.74, 6) is -0.662. The first kappa shape index (κ1) is 14.6. The van der Waals surface area contributed by atoms with E-state index in [9.17, 15) is 14.0 Å². The molecule has 0 saturated heterocycles. The first-order valence-corrected chi connectivity index (χ1v) is 7.76. The first-order valence-electron chi connectivity index (χ1n) is 7.76. The fourth-order valence-electron chi connectivity index (χ4n) is 3.00. The van der Waals surface area contributed by atoms with Gasteiger partial charge in [0.05, 0.1) is 0 Å². The number of benzene rings is 1. The number of Topliss-reactive ketones (excluding diaryl/α,β-unsaturated/α-hetero) is 1. The molecular weight excluding hydrogens is 311 g/mol. The van der Waals surface area contributed by atoms with Crippen LogP contribution >= 0.6 is 0 Å². The average molecular weight is 326 g/mol. The third-order valence-electron chi connectivity index (χ3n) is 4.24. The third-order valence-corrected chi connectivity index (χ3v) is 4.24.